The maximum absolute atomic E-state index is 13.4. The van der Waals surface area contributed by atoms with Gasteiger partial charge in [0.25, 0.3) is 10.0 Å². The van der Waals surface area contributed by atoms with E-state index in [-0.39, 0.29) is 10.8 Å². The van der Waals surface area contributed by atoms with Crippen LogP contribution in [0.3, 0.4) is 0 Å². The van der Waals surface area contributed by atoms with Crippen LogP contribution in [-0.4, -0.2) is 13.5 Å². The summed E-state index contributed by atoms with van der Waals surface area (Å²) < 4.78 is 52.5. The average Bonchev–Trinajstić information content (AvgIpc) is 2.76. The molecule has 0 bridgehead atoms. The normalized spacial score (nSPS) is 11.6. The zero-order valence-corrected chi connectivity index (χ0v) is 12.0. The van der Waals surface area contributed by atoms with Gasteiger partial charge in [0, 0.05) is 10.9 Å². The third kappa shape index (κ3) is 2.97. The van der Waals surface area contributed by atoms with Gasteiger partial charge in [0.1, 0.15) is 15.8 Å². The highest BCUT2D eigenvalue weighted by Gasteiger charge is 2.20. The summed E-state index contributed by atoms with van der Waals surface area (Å²) in [5.74, 6) is -1.62. The molecule has 0 fully saturated rings. The molecule has 0 saturated heterocycles. The maximum Gasteiger partial charge on any atom is 0.271 e. The van der Waals surface area contributed by atoms with Crippen molar-refractivity contribution in [1.82, 2.24) is 0 Å². The molecule has 1 aromatic carbocycles. The van der Waals surface area contributed by atoms with Gasteiger partial charge in [-0.25, -0.2) is 17.2 Å². The van der Waals surface area contributed by atoms with Crippen LogP contribution in [0.4, 0.5) is 14.5 Å². The Balaban J connectivity index is 2.37. The van der Waals surface area contributed by atoms with Crippen LogP contribution in [0.1, 0.15) is 10.4 Å². The summed E-state index contributed by atoms with van der Waals surface area (Å²) in [4.78, 5) is 0.505. The number of sulfonamides is 1. The van der Waals surface area contributed by atoms with E-state index >= 15 is 0 Å². The highest BCUT2D eigenvalue weighted by Crippen LogP contribution is 2.28. The second-order valence-corrected chi connectivity index (χ2v) is 7.11. The van der Waals surface area contributed by atoms with Crippen LogP contribution in [0.2, 0.25) is 0 Å². The fourth-order valence-electron chi connectivity index (χ4n) is 1.55. The van der Waals surface area contributed by atoms with Crippen molar-refractivity contribution in [1.29, 1.82) is 0 Å². The molecule has 1 heterocycles. The van der Waals surface area contributed by atoms with Crippen LogP contribution in [0.15, 0.2) is 28.5 Å². The van der Waals surface area contributed by atoms with Crippen LogP contribution in [0, 0.1) is 18.6 Å². The number of hydrogen-bond acceptors (Lipinski definition) is 4. The smallest absolute Gasteiger partial charge is 0.271 e. The van der Waals surface area contributed by atoms with Crippen molar-refractivity contribution in [2.75, 3.05) is 4.72 Å². The fraction of sp³-hybridized carbons (Fsp3) is 0.167. The largest absolute Gasteiger partial charge is 0.391 e. The number of nitrogens with one attached hydrogen (secondary N) is 1. The summed E-state index contributed by atoms with van der Waals surface area (Å²) in [5, 5.41) is 9.05. The number of thiophene rings is 1. The number of benzene rings is 1. The Kier molecular flexibility index (Phi) is 4.07. The van der Waals surface area contributed by atoms with Gasteiger partial charge in [0.15, 0.2) is 0 Å². The van der Waals surface area contributed by atoms with Crippen molar-refractivity contribution in [3.8, 4) is 0 Å². The molecule has 2 rings (SSSR count). The molecule has 0 saturated carbocycles. The fourth-order valence-corrected chi connectivity index (χ4v) is 4.06. The lowest BCUT2D eigenvalue weighted by Gasteiger charge is -2.07. The van der Waals surface area contributed by atoms with Crippen LogP contribution in [0.5, 0.6) is 0 Å². The minimum absolute atomic E-state index is 0.0669. The van der Waals surface area contributed by atoms with Gasteiger partial charge in [-0.2, -0.15) is 0 Å². The first-order valence-electron chi connectivity index (χ1n) is 5.51. The molecule has 0 aliphatic rings. The first kappa shape index (κ1) is 14.9. The summed E-state index contributed by atoms with van der Waals surface area (Å²) >= 11 is 0.879. The number of aryl methyl sites for hydroxylation is 1. The van der Waals surface area contributed by atoms with Crippen molar-refractivity contribution < 1.29 is 22.3 Å². The quantitative estimate of drug-likeness (QED) is 0.910. The summed E-state index contributed by atoms with van der Waals surface area (Å²) in [6.45, 7) is 1.38. The molecule has 2 aromatic rings. The SMILES string of the molecule is Cc1cc(S(=O)(=O)Nc2cc(F)ccc2F)sc1CO. The molecule has 0 aliphatic carbocycles. The van der Waals surface area contributed by atoms with Crippen molar-refractivity contribution in [3.05, 3.63) is 46.3 Å². The number of hydrogen-bond donors (Lipinski definition) is 2. The van der Waals surface area contributed by atoms with Gasteiger partial charge in [-0.1, -0.05) is 0 Å². The van der Waals surface area contributed by atoms with Crippen molar-refractivity contribution in [2.24, 2.45) is 0 Å². The average molecular weight is 319 g/mol. The molecule has 4 nitrogen and oxygen atoms in total. The second-order valence-electron chi connectivity index (χ2n) is 4.06. The molecule has 108 valence electrons. The van der Waals surface area contributed by atoms with E-state index in [1.54, 1.807) is 6.92 Å². The van der Waals surface area contributed by atoms with Crippen LogP contribution in [-0.2, 0) is 16.6 Å². The molecular weight excluding hydrogens is 308 g/mol. The molecule has 0 atom stereocenters. The monoisotopic (exact) mass is 319 g/mol. The highest BCUT2D eigenvalue weighted by atomic mass is 32.2. The molecule has 20 heavy (non-hydrogen) atoms. The topological polar surface area (TPSA) is 66.4 Å². The lowest BCUT2D eigenvalue weighted by molar-refractivity contribution is 0.285. The molecule has 1 aromatic heterocycles. The Morgan fingerprint density at radius 1 is 1.30 bits per heavy atom. The van der Waals surface area contributed by atoms with E-state index in [1.807, 2.05) is 4.72 Å². The second kappa shape index (κ2) is 5.47. The Labute approximate surface area is 118 Å². The molecule has 8 heteroatoms. The van der Waals surface area contributed by atoms with Gasteiger partial charge in [0.2, 0.25) is 0 Å². The van der Waals surface area contributed by atoms with E-state index < -0.39 is 27.3 Å². The Hall–Kier alpha value is -1.51. The van der Waals surface area contributed by atoms with Gasteiger partial charge >= 0.3 is 0 Å². The number of anilines is 1. The molecule has 0 amide bonds. The molecule has 0 spiro atoms. The Morgan fingerprint density at radius 3 is 2.60 bits per heavy atom. The van der Waals surface area contributed by atoms with E-state index in [4.69, 9.17) is 5.11 Å². The minimum atomic E-state index is -4.01. The van der Waals surface area contributed by atoms with Gasteiger partial charge in [-0.15, -0.1) is 11.3 Å². The van der Waals surface area contributed by atoms with Gasteiger partial charge < -0.3 is 5.11 Å². The molecular formula is C12H11F2NO3S2. The van der Waals surface area contributed by atoms with E-state index in [9.17, 15) is 17.2 Å². The molecule has 0 aliphatic heterocycles. The molecule has 0 unspecified atom stereocenters. The third-order valence-corrected chi connectivity index (χ3v) is 5.64. The summed E-state index contributed by atoms with van der Waals surface area (Å²) in [7, 11) is -4.01. The number of halogens is 2. The van der Waals surface area contributed by atoms with E-state index in [0.29, 0.717) is 10.4 Å². The number of rotatable bonds is 4. The van der Waals surface area contributed by atoms with Crippen LogP contribution < -0.4 is 4.72 Å². The number of aliphatic hydroxyl groups excluding tert-OH is 1. The summed E-state index contributed by atoms with van der Waals surface area (Å²) in [5.41, 5.74) is 0.166. The minimum Gasteiger partial charge on any atom is -0.391 e. The number of aliphatic hydroxyl groups is 1. The first-order valence-corrected chi connectivity index (χ1v) is 7.81. The van der Waals surface area contributed by atoms with Crippen molar-refractivity contribution in [2.45, 2.75) is 17.7 Å². The predicted molar refractivity (Wildman–Crippen MR) is 72.1 cm³/mol. The van der Waals surface area contributed by atoms with Gasteiger partial charge in [0.05, 0.1) is 12.3 Å². The lowest BCUT2D eigenvalue weighted by atomic mass is 10.3. The molecule has 0 radical (unpaired) electrons. The standard InChI is InChI=1S/C12H11F2NO3S2/c1-7-4-12(19-11(7)6-16)20(17,18)15-10-5-8(13)2-3-9(10)14/h2-5,15-16H,6H2,1H3. The van der Waals surface area contributed by atoms with Gasteiger partial charge in [-0.05, 0) is 30.7 Å². The van der Waals surface area contributed by atoms with Crippen LogP contribution >= 0.6 is 11.3 Å². The predicted octanol–water partition coefficient (Wildman–Crippen LogP) is 2.63. The Morgan fingerprint density at radius 2 is 2.00 bits per heavy atom. The Bertz CT molecular complexity index is 741. The summed E-state index contributed by atoms with van der Waals surface area (Å²) in [6.07, 6.45) is 0. The van der Waals surface area contributed by atoms with E-state index in [0.717, 1.165) is 29.5 Å². The zero-order chi connectivity index (χ0) is 14.9. The van der Waals surface area contributed by atoms with Crippen molar-refractivity contribution >= 4 is 27.0 Å². The van der Waals surface area contributed by atoms with E-state index in [1.165, 1.54) is 6.07 Å². The summed E-state index contributed by atoms with van der Waals surface area (Å²) in [6, 6.07) is 3.87. The van der Waals surface area contributed by atoms with Gasteiger partial charge in [-0.3, -0.25) is 4.72 Å². The van der Waals surface area contributed by atoms with Crippen molar-refractivity contribution in [3.63, 3.8) is 0 Å². The highest BCUT2D eigenvalue weighted by molar-refractivity contribution is 7.94. The molecule has 2 N–H and O–H groups in total. The van der Waals surface area contributed by atoms with Crippen LogP contribution in [0.25, 0.3) is 0 Å². The lowest BCUT2D eigenvalue weighted by Crippen LogP contribution is -2.12. The maximum atomic E-state index is 13.4. The zero-order valence-electron chi connectivity index (χ0n) is 10.4. The first-order chi connectivity index (χ1) is 9.33. The third-order valence-electron chi connectivity index (χ3n) is 2.58. The van der Waals surface area contributed by atoms with E-state index in [2.05, 4.69) is 0 Å².